The molecule has 39 heavy (non-hydrogen) atoms. The maximum absolute atomic E-state index is 13.2. The third kappa shape index (κ3) is 6.18. The fourth-order valence-corrected chi connectivity index (χ4v) is 5.56. The summed E-state index contributed by atoms with van der Waals surface area (Å²) in [6.45, 7) is 4.86. The first-order valence-electron chi connectivity index (χ1n) is 13.2. The summed E-state index contributed by atoms with van der Waals surface area (Å²) >= 11 is 1.59. The van der Waals surface area contributed by atoms with E-state index in [0.717, 1.165) is 33.6 Å². The number of benzene rings is 2. The van der Waals surface area contributed by atoms with E-state index in [2.05, 4.69) is 45.6 Å². The molecule has 4 aromatic rings. The topological polar surface area (TPSA) is 111 Å². The van der Waals surface area contributed by atoms with Crippen LogP contribution in [0, 0.1) is 0 Å². The number of aliphatic hydroxyl groups excluding tert-OH is 1. The number of nitrogens with one attached hydrogen (secondary N) is 2. The summed E-state index contributed by atoms with van der Waals surface area (Å²) in [4.78, 5) is 40.9. The van der Waals surface area contributed by atoms with Crippen molar-refractivity contribution in [1.29, 1.82) is 0 Å². The van der Waals surface area contributed by atoms with E-state index < -0.39 is 6.03 Å². The van der Waals surface area contributed by atoms with Gasteiger partial charge in [-0.05, 0) is 42.2 Å². The van der Waals surface area contributed by atoms with Gasteiger partial charge in [-0.25, -0.2) is 9.78 Å². The first-order valence-corrected chi connectivity index (χ1v) is 14.0. The highest BCUT2D eigenvalue weighted by molar-refractivity contribution is 7.18. The fraction of sp³-hybridized carbons (Fsp3) is 0.310. The van der Waals surface area contributed by atoms with Crippen molar-refractivity contribution in [2.45, 2.75) is 19.8 Å². The highest BCUT2D eigenvalue weighted by atomic mass is 32.1. The second kappa shape index (κ2) is 12.2. The van der Waals surface area contributed by atoms with Gasteiger partial charge >= 0.3 is 6.03 Å². The Morgan fingerprint density at radius 1 is 0.974 bits per heavy atom. The number of carbonyl (C=O) groups excluding carboxylic acids is 2. The van der Waals surface area contributed by atoms with Gasteiger partial charge in [-0.3, -0.25) is 10.1 Å². The number of carbonyl (C=O) groups is 2. The summed E-state index contributed by atoms with van der Waals surface area (Å²) in [5.41, 5.74) is 2.88. The van der Waals surface area contributed by atoms with Crippen molar-refractivity contribution in [3.05, 3.63) is 71.1 Å². The van der Waals surface area contributed by atoms with E-state index >= 15 is 0 Å². The van der Waals surface area contributed by atoms with Gasteiger partial charge in [0.15, 0.2) is 0 Å². The van der Waals surface area contributed by atoms with Crippen LogP contribution >= 0.6 is 11.3 Å². The van der Waals surface area contributed by atoms with E-state index in [4.69, 9.17) is 10.1 Å². The van der Waals surface area contributed by atoms with E-state index in [0.29, 0.717) is 44.7 Å². The van der Waals surface area contributed by atoms with Crippen molar-refractivity contribution in [2.24, 2.45) is 0 Å². The molecular formula is C29H32N6O3S. The molecule has 0 radical (unpaired) electrons. The first kappa shape index (κ1) is 26.6. The van der Waals surface area contributed by atoms with Crippen LogP contribution < -0.4 is 15.5 Å². The molecular weight excluding hydrogens is 512 g/mol. The van der Waals surface area contributed by atoms with Crippen molar-refractivity contribution < 1.29 is 14.7 Å². The quantitative estimate of drug-likeness (QED) is 0.284. The van der Waals surface area contributed by atoms with E-state index in [1.807, 2.05) is 47.4 Å². The van der Waals surface area contributed by atoms with Gasteiger partial charge in [0.25, 0.3) is 5.91 Å². The Morgan fingerprint density at radius 2 is 1.69 bits per heavy atom. The molecule has 1 fully saturated rings. The molecule has 3 heterocycles. The number of urea groups is 1. The number of aliphatic hydroxyl groups is 1. The van der Waals surface area contributed by atoms with Gasteiger partial charge in [0, 0.05) is 49.8 Å². The smallest absolute Gasteiger partial charge is 0.321 e. The molecule has 0 spiro atoms. The van der Waals surface area contributed by atoms with E-state index in [1.54, 1.807) is 11.3 Å². The second-order valence-electron chi connectivity index (χ2n) is 9.34. The summed E-state index contributed by atoms with van der Waals surface area (Å²) in [5, 5.41) is 15.3. The van der Waals surface area contributed by atoms with Crippen molar-refractivity contribution in [3.8, 4) is 11.1 Å². The maximum Gasteiger partial charge on any atom is 0.321 e. The first-order chi connectivity index (χ1) is 19.1. The third-order valence-corrected chi connectivity index (χ3v) is 7.90. The lowest BCUT2D eigenvalue weighted by Crippen LogP contribution is -2.49. The van der Waals surface area contributed by atoms with Crippen LogP contribution in [0.25, 0.3) is 21.3 Å². The average molecular weight is 545 g/mol. The zero-order chi connectivity index (χ0) is 27.2. The number of aryl methyl sites for hydroxylation is 1. The SMILES string of the molecule is CCc1cc2c(N3CCN(C(=O)c4ccc(-c5ccccc5)cc4)CC3)nc(NC(=O)NCCCO)nc2s1. The Morgan fingerprint density at radius 3 is 2.38 bits per heavy atom. The number of thiophene rings is 1. The lowest BCUT2D eigenvalue weighted by molar-refractivity contribution is 0.0746. The summed E-state index contributed by atoms with van der Waals surface area (Å²) in [7, 11) is 0. The summed E-state index contributed by atoms with van der Waals surface area (Å²) in [6.07, 6.45) is 1.36. The normalized spacial score (nSPS) is 13.5. The summed E-state index contributed by atoms with van der Waals surface area (Å²) < 4.78 is 0. The molecule has 2 aromatic carbocycles. The van der Waals surface area contributed by atoms with Crippen LogP contribution in [0.4, 0.5) is 16.6 Å². The molecule has 9 nitrogen and oxygen atoms in total. The number of fused-ring (bicyclic) bond motifs is 1. The number of hydrogen-bond acceptors (Lipinski definition) is 7. The van der Waals surface area contributed by atoms with Gasteiger partial charge in [-0.2, -0.15) is 4.98 Å². The Hall–Kier alpha value is -4.02. The molecule has 5 rings (SSSR count). The zero-order valence-corrected chi connectivity index (χ0v) is 22.7. The van der Waals surface area contributed by atoms with Gasteiger partial charge in [-0.1, -0.05) is 49.4 Å². The number of nitrogens with zero attached hydrogens (tertiary/aromatic N) is 4. The van der Waals surface area contributed by atoms with Gasteiger partial charge in [0.2, 0.25) is 5.95 Å². The predicted octanol–water partition coefficient (Wildman–Crippen LogP) is 4.39. The zero-order valence-electron chi connectivity index (χ0n) is 21.9. The van der Waals surface area contributed by atoms with Crippen LogP contribution in [0.1, 0.15) is 28.6 Å². The molecule has 0 saturated carbocycles. The highest BCUT2D eigenvalue weighted by Crippen LogP contribution is 2.33. The lowest BCUT2D eigenvalue weighted by atomic mass is 10.0. The minimum Gasteiger partial charge on any atom is -0.396 e. The standard InChI is InChI=1S/C29H32N6O3S/c1-2-23-19-24-25(31-28(32-26(24)39-23)33-29(38)30-13-6-18-36)34-14-16-35(17-15-34)27(37)22-11-9-21(10-12-22)20-7-4-3-5-8-20/h3-5,7-12,19,36H,2,6,13-18H2,1H3,(H2,30,31,32,33,38). The molecule has 3 N–H and O–H groups in total. The number of piperazine rings is 1. The molecule has 0 unspecified atom stereocenters. The molecule has 1 aliphatic heterocycles. The molecule has 0 bridgehead atoms. The number of aromatic nitrogens is 2. The van der Waals surface area contributed by atoms with E-state index in [9.17, 15) is 9.59 Å². The second-order valence-corrected chi connectivity index (χ2v) is 10.5. The molecule has 3 amide bonds. The molecule has 10 heteroatoms. The minimum absolute atomic E-state index is 0.00928. The Balaban J connectivity index is 1.28. The van der Waals surface area contributed by atoms with Crippen molar-refractivity contribution in [2.75, 3.05) is 49.5 Å². The molecule has 1 saturated heterocycles. The predicted molar refractivity (Wildman–Crippen MR) is 156 cm³/mol. The number of hydrogen-bond donors (Lipinski definition) is 3. The van der Waals surface area contributed by atoms with Gasteiger partial charge in [-0.15, -0.1) is 11.3 Å². The monoisotopic (exact) mass is 544 g/mol. The largest absolute Gasteiger partial charge is 0.396 e. The Labute approximate surface area is 231 Å². The highest BCUT2D eigenvalue weighted by Gasteiger charge is 2.25. The molecule has 2 aromatic heterocycles. The Kier molecular flexibility index (Phi) is 8.33. The number of amides is 3. The van der Waals surface area contributed by atoms with Crippen LogP contribution in [-0.2, 0) is 6.42 Å². The van der Waals surface area contributed by atoms with Crippen LogP contribution in [0.3, 0.4) is 0 Å². The van der Waals surface area contributed by atoms with Gasteiger partial charge in [0.1, 0.15) is 10.6 Å². The third-order valence-electron chi connectivity index (χ3n) is 6.72. The van der Waals surface area contributed by atoms with Gasteiger partial charge in [0.05, 0.1) is 5.39 Å². The van der Waals surface area contributed by atoms with Crippen molar-refractivity contribution >= 4 is 45.3 Å². The van der Waals surface area contributed by atoms with E-state index in [1.165, 1.54) is 4.88 Å². The average Bonchev–Trinajstić information content (AvgIpc) is 3.40. The van der Waals surface area contributed by atoms with Crippen LogP contribution in [-0.4, -0.2) is 71.2 Å². The van der Waals surface area contributed by atoms with Crippen LogP contribution in [0.2, 0.25) is 0 Å². The van der Waals surface area contributed by atoms with E-state index in [-0.39, 0.29) is 18.5 Å². The van der Waals surface area contributed by atoms with Crippen molar-refractivity contribution in [3.63, 3.8) is 0 Å². The van der Waals surface area contributed by atoms with Crippen molar-refractivity contribution in [1.82, 2.24) is 20.2 Å². The molecule has 202 valence electrons. The minimum atomic E-state index is -0.408. The summed E-state index contributed by atoms with van der Waals surface area (Å²) in [5.74, 6) is 1.02. The van der Waals surface area contributed by atoms with Crippen LogP contribution in [0.15, 0.2) is 60.7 Å². The Bertz CT molecular complexity index is 1430. The van der Waals surface area contributed by atoms with Crippen LogP contribution in [0.5, 0.6) is 0 Å². The van der Waals surface area contributed by atoms with Gasteiger partial charge < -0.3 is 20.2 Å². The molecule has 1 aliphatic rings. The molecule has 0 atom stereocenters. The number of anilines is 2. The fourth-order valence-electron chi connectivity index (χ4n) is 4.59. The summed E-state index contributed by atoms with van der Waals surface area (Å²) in [6, 6.07) is 19.6. The number of rotatable bonds is 8. The lowest BCUT2D eigenvalue weighted by Gasteiger charge is -2.35. The maximum atomic E-state index is 13.2. The molecule has 0 aliphatic carbocycles.